The van der Waals surface area contributed by atoms with Gasteiger partial charge in [0.15, 0.2) is 0 Å². The van der Waals surface area contributed by atoms with E-state index >= 15 is 0 Å². The Labute approximate surface area is 77.7 Å². The second kappa shape index (κ2) is 4.05. The number of hydrogen-bond donors (Lipinski definition) is 1. The molecule has 0 aliphatic carbocycles. The van der Waals surface area contributed by atoms with Gasteiger partial charge in [-0.2, -0.15) is 0 Å². The Morgan fingerprint density at radius 3 is 2.85 bits per heavy atom. The highest BCUT2D eigenvalue weighted by molar-refractivity contribution is 5.57. The Kier molecular flexibility index (Phi) is 3.03. The fourth-order valence-electron chi connectivity index (χ4n) is 1.23. The van der Waals surface area contributed by atoms with E-state index in [1.54, 1.807) is 19.4 Å². The molecule has 0 atom stereocenters. The second-order valence-electron chi connectivity index (χ2n) is 2.68. The first-order valence-corrected chi connectivity index (χ1v) is 4.00. The first-order valence-electron chi connectivity index (χ1n) is 4.00. The summed E-state index contributed by atoms with van der Waals surface area (Å²) in [6.45, 7) is 5.45. The van der Waals surface area contributed by atoms with Crippen LogP contribution in [-0.4, -0.2) is 17.2 Å². The van der Waals surface area contributed by atoms with Crippen molar-refractivity contribution in [2.45, 2.75) is 13.5 Å². The van der Waals surface area contributed by atoms with Gasteiger partial charge in [0.25, 0.3) is 0 Å². The van der Waals surface area contributed by atoms with Gasteiger partial charge in [-0.3, -0.25) is 4.98 Å². The van der Waals surface area contributed by atoms with Crippen molar-refractivity contribution in [1.29, 1.82) is 0 Å². The van der Waals surface area contributed by atoms with E-state index in [-0.39, 0.29) is 6.61 Å². The van der Waals surface area contributed by atoms with Gasteiger partial charge in [0.2, 0.25) is 0 Å². The minimum atomic E-state index is -0.0698. The number of hydrogen-bond acceptors (Lipinski definition) is 3. The van der Waals surface area contributed by atoms with Crippen LogP contribution in [0.1, 0.15) is 16.8 Å². The van der Waals surface area contributed by atoms with Crippen LogP contribution in [0.3, 0.4) is 0 Å². The number of rotatable bonds is 3. The SMILES string of the molecule is C=Cc1cnc(CO)c(C)c1OC. The van der Waals surface area contributed by atoms with Crippen LogP contribution < -0.4 is 4.74 Å². The third-order valence-electron chi connectivity index (χ3n) is 1.97. The number of nitrogens with zero attached hydrogens (tertiary/aromatic N) is 1. The molecule has 0 amide bonds. The summed E-state index contributed by atoms with van der Waals surface area (Å²) in [5, 5.41) is 8.96. The summed E-state index contributed by atoms with van der Waals surface area (Å²) in [6, 6.07) is 0. The molecule has 0 bridgehead atoms. The highest BCUT2D eigenvalue weighted by atomic mass is 16.5. The molecule has 0 saturated carbocycles. The van der Waals surface area contributed by atoms with Crippen LogP contribution in [0.15, 0.2) is 12.8 Å². The molecule has 1 heterocycles. The molecule has 1 aromatic heterocycles. The molecule has 13 heavy (non-hydrogen) atoms. The van der Waals surface area contributed by atoms with Crippen LogP contribution in [0.5, 0.6) is 5.75 Å². The van der Waals surface area contributed by atoms with Gasteiger partial charge in [-0.15, -0.1) is 0 Å². The number of aliphatic hydroxyl groups excluding tert-OH is 1. The highest BCUT2D eigenvalue weighted by Gasteiger charge is 2.08. The monoisotopic (exact) mass is 179 g/mol. The first-order chi connectivity index (χ1) is 6.24. The third-order valence-corrected chi connectivity index (χ3v) is 1.97. The van der Waals surface area contributed by atoms with Crippen LogP contribution >= 0.6 is 0 Å². The summed E-state index contributed by atoms with van der Waals surface area (Å²) >= 11 is 0. The molecule has 3 nitrogen and oxygen atoms in total. The predicted octanol–water partition coefficient (Wildman–Crippen LogP) is 1.53. The quantitative estimate of drug-likeness (QED) is 0.765. The Bertz CT molecular complexity index is 321. The van der Waals surface area contributed by atoms with Crippen molar-refractivity contribution >= 4 is 6.08 Å². The number of aliphatic hydroxyl groups is 1. The molecule has 0 radical (unpaired) electrons. The van der Waals surface area contributed by atoms with Crippen molar-refractivity contribution in [1.82, 2.24) is 4.98 Å². The van der Waals surface area contributed by atoms with E-state index in [1.165, 1.54) is 0 Å². The molecular weight excluding hydrogens is 166 g/mol. The van der Waals surface area contributed by atoms with Crippen molar-refractivity contribution in [3.8, 4) is 5.75 Å². The van der Waals surface area contributed by atoms with E-state index in [0.717, 1.165) is 16.9 Å². The summed E-state index contributed by atoms with van der Waals surface area (Å²) in [5.74, 6) is 0.731. The fourth-order valence-corrected chi connectivity index (χ4v) is 1.23. The minimum absolute atomic E-state index is 0.0698. The molecular formula is C10H13NO2. The van der Waals surface area contributed by atoms with Gasteiger partial charge in [0, 0.05) is 17.3 Å². The molecule has 0 fully saturated rings. The highest BCUT2D eigenvalue weighted by Crippen LogP contribution is 2.25. The summed E-state index contributed by atoms with van der Waals surface area (Å²) < 4.78 is 5.19. The molecule has 1 aromatic rings. The van der Waals surface area contributed by atoms with E-state index in [2.05, 4.69) is 11.6 Å². The topological polar surface area (TPSA) is 42.4 Å². The van der Waals surface area contributed by atoms with Gasteiger partial charge in [-0.1, -0.05) is 12.7 Å². The van der Waals surface area contributed by atoms with E-state index in [9.17, 15) is 0 Å². The lowest BCUT2D eigenvalue weighted by Crippen LogP contribution is -1.99. The molecule has 0 aromatic carbocycles. The first kappa shape index (κ1) is 9.74. The maximum absolute atomic E-state index is 8.96. The summed E-state index contributed by atoms with van der Waals surface area (Å²) in [4.78, 5) is 4.07. The molecule has 1 rings (SSSR count). The molecule has 3 heteroatoms. The van der Waals surface area contributed by atoms with Crippen LogP contribution in [0.4, 0.5) is 0 Å². The van der Waals surface area contributed by atoms with Crippen molar-refractivity contribution < 1.29 is 9.84 Å². The summed E-state index contributed by atoms with van der Waals surface area (Å²) in [7, 11) is 1.59. The number of ether oxygens (including phenoxy) is 1. The molecule has 0 spiro atoms. The third kappa shape index (κ3) is 1.70. The number of methoxy groups -OCH3 is 1. The number of aromatic nitrogens is 1. The molecule has 0 unspecified atom stereocenters. The van der Waals surface area contributed by atoms with Gasteiger partial charge in [0.05, 0.1) is 19.4 Å². The zero-order valence-electron chi connectivity index (χ0n) is 7.87. The van der Waals surface area contributed by atoms with E-state index in [1.807, 2.05) is 6.92 Å². The Balaban J connectivity index is 3.31. The average molecular weight is 179 g/mol. The average Bonchev–Trinajstić information content (AvgIpc) is 2.17. The normalized spacial score (nSPS) is 9.77. The standard InChI is InChI=1S/C10H13NO2/c1-4-8-5-11-9(6-12)7(2)10(8)13-3/h4-5,12H,1,6H2,2-3H3. The maximum Gasteiger partial charge on any atom is 0.132 e. The predicted molar refractivity (Wildman–Crippen MR) is 51.5 cm³/mol. The van der Waals surface area contributed by atoms with Gasteiger partial charge < -0.3 is 9.84 Å². The molecule has 70 valence electrons. The van der Waals surface area contributed by atoms with Crippen LogP contribution in [0.2, 0.25) is 0 Å². The summed E-state index contributed by atoms with van der Waals surface area (Å²) in [6.07, 6.45) is 3.32. The lowest BCUT2D eigenvalue weighted by atomic mass is 10.1. The largest absolute Gasteiger partial charge is 0.496 e. The van der Waals surface area contributed by atoms with Gasteiger partial charge in [-0.05, 0) is 6.92 Å². The van der Waals surface area contributed by atoms with Crippen LogP contribution in [0, 0.1) is 6.92 Å². The van der Waals surface area contributed by atoms with E-state index in [4.69, 9.17) is 9.84 Å². The molecule has 1 N–H and O–H groups in total. The lowest BCUT2D eigenvalue weighted by Gasteiger charge is -2.10. The molecule has 0 aliphatic heterocycles. The van der Waals surface area contributed by atoms with Crippen LogP contribution in [0.25, 0.3) is 6.08 Å². The van der Waals surface area contributed by atoms with E-state index in [0.29, 0.717) is 5.69 Å². The Morgan fingerprint density at radius 1 is 1.69 bits per heavy atom. The smallest absolute Gasteiger partial charge is 0.132 e. The van der Waals surface area contributed by atoms with Gasteiger partial charge in [0.1, 0.15) is 5.75 Å². The number of pyridine rings is 1. The van der Waals surface area contributed by atoms with Crippen molar-refractivity contribution in [2.75, 3.05) is 7.11 Å². The van der Waals surface area contributed by atoms with Crippen molar-refractivity contribution in [3.63, 3.8) is 0 Å². The van der Waals surface area contributed by atoms with Gasteiger partial charge >= 0.3 is 0 Å². The van der Waals surface area contributed by atoms with E-state index < -0.39 is 0 Å². The van der Waals surface area contributed by atoms with Crippen molar-refractivity contribution in [3.05, 3.63) is 29.6 Å². The summed E-state index contributed by atoms with van der Waals surface area (Å²) in [5.41, 5.74) is 2.35. The lowest BCUT2D eigenvalue weighted by molar-refractivity contribution is 0.274. The molecule has 0 aliphatic rings. The fraction of sp³-hybridized carbons (Fsp3) is 0.300. The second-order valence-corrected chi connectivity index (χ2v) is 2.68. The molecule has 0 saturated heterocycles. The van der Waals surface area contributed by atoms with Crippen molar-refractivity contribution in [2.24, 2.45) is 0 Å². The minimum Gasteiger partial charge on any atom is -0.496 e. The zero-order valence-corrected chi connectivity index (χ0v) is 7.87. The maximum atomic E-state index is 8.96. The zero-order chi connectivity index (χ0) is 9.84. The van der Waals surface area contributed by atoms with Gasteiger partial charge in [-0.25, -0.2) is 0 Å². The Morgan fingerprint density at radius 2 is 2.38 bits per heavy atom. The van der Waals surface area contributed by atoms with Crippen LogP contribution in [-0.2, 0) is 6.61 Å². The Hall–Kier alpha value is -1.35.